The zero-order valence-corrected chi connectivity index (χ0v) is 10.3. The maximum atomic E-state index is 6.02. The molecule has 0 saturated carbocycles. The van der Waals surface area contributed by atoms with E-state index in [-0.39, 0.29) is 0 Å². The molecular weight excluding hydrogens is 232 g/mol. The minimum atomic E-state index is 0.483. The number of nitrogen functional groups attached to an aromatic ring is 1. The first-order chi connectivity index (χ1) is 8.81. The second-order valence-corrected chi connectivity index (χ2v) is 4.18. The highest BCUT2D eigenvalue weighted by Gasteiger charge is 2.18. The number of hydrogen-bond donors (Lipinski definition) is 1. The molecule has 1 aliphatic rings. The third-order valence-electron chi connectivity index (χ3n) is 3.14. The van der Waals surface area contributed by atoms with Crippen LogP contribution in [0.2, 0.25) is 0 Å². The highest BCUT2D eigenvalue weighted by atomic mass is 16.5. The number of rotatable bonds is 2. The SMILES string of the molecule is COc1cccc2c1nc(N)n2N1CCOCC1. The van der Waals surface area contributed by atoms with Gasteiger partial charge in [0.05, 0.1) is 38.9 Å². The van der Waals surface area contributed by atoms with Crippen molar-refractivity contribution < 1.29 is 9.47 Å². The van der Waals surface area contributed by atoms with Gasteiger partial charge in [-0.3, -0.25) is 0 Å². The zero-order valence-electron chi connectivity index (χ0n) is 10.3. The molecular formula is C12H16N4O2. The molecule has 0 amide bonds. The Kier molecular flexibility index (Phi) is 2.71. The lowest BCUT2D eigenvalue weighted by molar-refractivity contribution is 0.112. The summed E-state index contributed by atoms with van der Waals surface area (Å²) in [5.41, 5.74) is 7.78. The van der Waals surface area contributed by atoms with Crippen molar-refractivity contribution in [3.8, 4) is 5.75 Å². The number of fused-ring (bicyclic) bond motifs is 1. The van der Waals surface area contributed by atoms with Crippen LogP contribution in [0.4, 0.5) is 5.95 Å². The Labute approximate surface area is 105 Å². The quantitative estimate of drug-likeness (QED) is 0.843. The number of imidazole rings is 1. The molecule has 3 rings (SSSR count). The summed E-state index contributed by atoms with van der Waals surface area (Å²) >= 11 is 0. The van der Waals surface area contributed by atoms with Crippen LogP contribution in [0.1, 0.15) is 0 Å². The molecule has 2 N–H and O–H groups in total. The van der Waals surface area contributed by atoms with Gasteiger partial charge < -0.3 is 20.2 Å². The van der Waals surface area contributed by atoms with Crippen molar-refractivity contribution in [1.82, 2.24) is 9.66 Å². The van der Waals surface area contributed by atoms with Gasteiger partial charge in [0, 0.05) is 0 Å². The largest absolute Gasteiger partial charge is 0.494 e. The smallest absolute Gasteiger partial charge is 0.220 e. The molecule has 96 valence electrons. The number of morpholine rings is 1. The van der Waals surface area contributed by atoms with Gasteiger partial charge in [-0.15, -0.1) is 0 Å². The summed E-state index contributed by atoms with van der Waals surface area (Å²) < 4.78 is 12.6. The van der Waals surface area contributed by atoms with E-state index in [1.54, 1.807) is 7.11 Å². The number of hydrogen-bond acceptors (Lipinski definition) is 5. The van der Waals surface area contributed by atoms with E-state index in [9.17, 15) is 0 Å². The molecule has 1 fully saturated rings. The maximum absolute atomic E-state index is 6.02. The molecule has 2 aromatic rings. The van der Waals surface area contributed by atoms with Gasteiger partial charge in [-0.2, -0.15) is 0 Å². The molecule has 0 unspecified atom stereocenters. The molecule has 0 spiro atoms. The van der Waals surface area contributed by atoms with Crippen molar-refractivity contribution >= 4 is 17.0 Å². The van der Waals surface area contributed by atoms with Crippen LogP contribution in [-0.4, -0.2) is 43.1 Å². The molecule has 1 aliphatic heterocycles. The Bertz CT molecular complexity index is 560. The fourth-order valence-electron chi connectivity index (χ4n) is 2.30. The standard InChI is InChI=1S/C12H16N4O2/c1-17-10-4-2-3-9-11(10)14-12(13)16(9)15-5-7-18-8-6-15/h2-4H,5-8H2,1H3,(H2,13,14). The van der Waals surface area contributed by atoms with Gasteiger partial charge in [-0.25, -0.2) is 9.66 Å². The van der Waals surface area contributed by atoms with E-state index in [1.165, 1.54) is 0 Å². The van der Waals surface area contributed by atoms with Crippen LogP contribution in [0, 0.1) is 0 Å². The zero-order chi connectivity index (χ0) is 12.5. The van der Waals surface area contributed by atoms with E-state index in [0.717, 1.165) is 29.9 Å². The Morgan fingerprint density at radius 2 is 2.11 bits per heavy atom. The number of nitrogens with two attached hydrogens (primary N) is 1. The Hall–Kier alpha value is -1.95. The first-order valence-corrected chi connectivity index (χ1v) is 5.95. The second-order valence-electron chi connectivity index (χ2n) is 4.18. The van der Waals surface area contributed by atoms with Crippen LogP contribution < -0.4 is 15.5 Å². The first kappa shape index (κ1) is 11.2. The molecule has 6 heteroatoms. The summed E-state index contributed by atoms with van der Waals surface area (Å²) in [6, 6.07) is 5.83. The summed E-state index contributed by atoms with van der Waals surface area (Å²) in [6.07, 6.45) is 0. The van der Waals surface area contributed by atoms with Crippen LogP contribution in [0.25, 0.3) is 11.0 Å². The van der Waals surface area contributed by atoms with Crippen molar-refractivity contribution in [3.63, 3.8) is 0 Å². The highest BCUT2D eigenvalue weighted by Crippen LogP contribution is 2.27. The van der Waals surface area contributed by atoms with Crippen molar-refractivity contribution in [1.29, 1.82) is 0 Å². The van der Waals surface area contributed by atoms with E-state index in [4.69, 9.17) is 15.2 Å². The number of para-hydroxylation sites is 1. The van der Waals surface area contributed by atoms with Crippen molar-refractivity contribution in [2.75, 3.05) is 44.2 Å². The lowest BCUT2D eigenvalue weighted by Gasteiger charge is -2.30. The topological polar surface area (TPSA) is 65.5 Å². The Morgan fingerprint density at radius 1 is 1.33 bits per heavy atom. The summed E-state index contributed by atoms with van der Waals surface area (Å²) in [6.45, 7) is 3.05. The van der Waals surface area contributed by atoms with Crippen LogP contribution in [-0.2, 0) is 4.74 Å². The third kappa shape index (κ3) is 1.65. The lowest BCUT2D eigenvalue weighted by atomic mass is 10.3. The number of anilines is 1. The molecule has 0 bridgehead atoms. The molecule has 1 aromatic carbocycles. The van der Waals surface area contributed by atoms with E-state index >= 15 is 0 Å². The molecule has 18 heavy (non-hydrogen) atoms. The van der Waals surface area contributed by atoms with Crippen LogP contribution in [0.15, 0.2) is 18.2 Å². The van der Waals surface area contributed by atoms with E-state index < -0.39 is 0 Å². The van der Waals surface area contributed by atoms with Crippen LogP contribution in [0.5, 0.6) is 5.75 Å². The molecule has 6 nitrogen and oxygen atoms in total. The monoisotopic (exact) mass is 248 g/mol. The normalized spacial score (nSPS) is 16.2. The number of nitrogens with zero attached hydrogens (tertiary/aromatic N) is 3. The number of benzene rings is 1. The van der Waals surface area contributed by atoms with Gasteiger partial charge in [0.1, 0.15) is 11.3 Å². The highest BCUT2D eigenvalue weighted by molar-refractivity contribution is 5.84. The summed E-state index contributed by atoms with van der Waals surface area (Å²) in [5, 5.41) is 2.15. The van der Waals surface area contributed by atoms with Gasteiger partial charge in [0.2, 0.25) is 5.95 Å². The van der Waals surface area contributed by atoms with Gasteiger partial charge in [-0.1, -0.05) is 6.07 Å². The minimum Gasteiger partial charge on any atom is -0.494 e. The van der Waals surface area contributed by atoms with Gasteiger partial charge in [0.15, 0.2) is 0 Å². The average molecular weight is 248 g/mol. The van der Waals surface area contributed by atoms with Gasteiger partial charge >= 0.3 is 0 Å². The van der Waals surface area contributed by atoms with Crippen molar-refractivity contribution in [3.05, 3.63) is 18.2 Å². The predicted molar refractivity (Wildman–Crippen MR) is 69.5 cm³/mol. The third-order valence-corrected chi connectivity index (χ3v) is 3.14. The van der Waals surface area contributed by atoms with Gasteiger partial charge in [0.25, 0.3) is 0 Å². The van der Waals surface area contributed by atoms with E-state index in [2.05, 4.69) is 9.99 Å². The van der Waals surface area contributed by atoms with Crippen molar-refractivity contribution in [2.45, 2.75) is 0 Å². The number of aromatic nitrogens is 2. The summed E-state index contributed by atoms with van der Waals surface area (Å²) in [4.78, 5) is 4.39. The fraction of sp³-hybridized carbons (Fsp3) is 0.417. The number of methoxy groups -OCH3 is 1. The molecule has 2 heterocycles. The second kappa shape index (κ2) is 4.38. The maximum Gasteiger partial charge on any atom is 0.220 e. The van der Waals surface area contributed by atoms with Crippen LogP contribution >= 0.6 is 0 Å². The van der Waals surface area contributed by atoms with Crippen LogP contribution in [0.3, 0.4) is 0 Å². The molecule has 1 saturated heterocycles. The summed E-state index contributed by atoms with van der Waals surface area (Å²) in [7, 11) is 1.64. The molecule has 0 atom stereocenters. The van der Waals surface area contributed by atoms with Gasteiger partial charge in [-0.05, 0) is 12.1 Å². The van der Waals surface area contributed by atoms with Crippen molar-refractivity contribution in [2.24, 2.45) is 0 Å². The van der Waals surface area contributed by atoms with E-state index in [1.807, 2.05) is 22.9 Å². The molecule has 0 radical (unpaired) electrons. The Morgan fingerprint density at radius 3 is 2.83 bits per heavy atom. The Balaban J connectivity index is 2.13. The summed E-state index contributed by atoms with van der Waals surface area (Å²) in [5.74, 6) is 1.22. The molecule has 1 aromatic heterocycles. The fourth-order valence-corrected chi connectivity index (χ4v) is 2.30. The molecule has 0 aliphatic carbocycles. The minimum absolute atomic E-state index is 0.483. The lowest BCUT2D eigenvalue weighted by Crippen LogP contribution is -2.44. The average Bonchev–Trinajstić information content (AvgIpc) is 2.75. The number of ether oxygens (including phenoxy) is 2. The van der Waals surface area contributed by atoms with E-state index in [0.29, 0.717) is 19.2 Å². The predicted octanol–water partition coefficient (Wildman–Crippen LogP) is 0.595. The first-order valence-electron chi connectivity index (χ1n) is 5.95.